The zero-order valence-electron chi connectivity index (χ0n) is 5.02. The number of hydrogen-bond donors (Lipinski definition) is 1. The fourth-order valence-electron chi connectivity index (χ4n) is 0.575. The predicted molar refractivity (Wildman–Crippen MR) is 36.1 cm³/mol. The molecule has 0 aliphatic rings. The molecule has 9 heavy (non-hydrogen) atoms. The van der Waals surface area contributed by atoms with E-state index in [0.717, 1.165) is 0 Å². The summed E-state index contributed by atoms with van der Waals surface area (Å²) in [6.45, 7) is 1.29. The number of alkyl halides is 1. The van der Waals surface area contributed by atoms with Gasteiger partial charge in [-0.1, -0.05) is 11.3 Å². The molecule has 0 bridgehead atoms. The van der Waals surface area contributed by atoms with E-state index < -0.39 is 6.67 Å². The molecule has 1 rings (SSSR count). The number of nitrogen functional groups attached to an aromatic ring is 1. The SMILES string of the molecule is Cc1nc(N)sc1CF. The second-order valence-corrected chi connectivity index (χ2v) is 2.81. The van der Waals surface area contributed by atoms with E-state index in [1.807, 2.05) is 0 Å². The molecule has 0 fully saturated rings. The van der Waals surface area contributed by atoms with Gasteiger partial charge in [0, 0.05) is 0 Å². The highest BCUT2D eigenvalue weighted by Crippen LogP contribution is 2.19. The molecule has 2 N–H and O–H groups in total. The largest absolute Gasteiger partial charge is 0.375 e. The number of nitrogens with two attached hydrogens (primary N) is 1. The lowest BCUT2D eigenvalue weighted by molar-refractivity contribution is 0.489. The third-order valence-corrected chi connectivity index (χ3v) is 1.98. The van der Waals surface area contributed by atoms with E-state index in [0.29, 0.717) is 15.7 Å². The second-order valence-electron chi connectivity index (χ2n) is 1.69. The molecule has 1 aromatic rings. The molecule has 0 atom stereocenters. The van der Waals surface area contributed by atoms with E-state index >= 15 is 0 Å². The summed E-state index contributed by atoms with van der Waals surface area (Å²) < 4.78 is 11.9. The van der Waals surface area contributed by atoms with Crippen molar-refractivity contribution >= 4 is 16.5 Å². The van der Waals surface area contributed by atoms with Gasteiger partial charge in [0.25, 0.3) is 0 Å². The number of hydrogen-bond acceptors (Lipinski definition) is 3. The van der Waals surface area contributed by atoms with E-state index in [2.05, 4.69) is 4.98 Å². The number of aryl methyl sites for hydroxylation is 1. The highest BCUT2D eigenvalue weighted by Gasteiger charge is 2.02. The quantitative estimate of drug-likeness (QED) is 0.652. The molecule has 0 saturated carbocycles. The molecule has 0 aliphatic heterocycles. The van der Waals surface area contributed by atoms with Crippen molar-refractivity contribution in [2.45, 2.75) is 13.6 Å². The summed E-state index contributed by atoms with van der Waals surface area (Å²) in [5.74, 6) is 0. The Labute approximate surface area is 56.5 Å². The zero-order valence-corrected chi connectivity index (χ0v) is 5.83. The first-order valence-electron chi connectivity index (χ1n) is 2.51. The lowest BCUT2D eigenvalue weighted by Crippen LogP contribution is -1.81. The summed E-state index contributed by atoms with van der Waals surface area (Å²) in [5.41, 5.74) is 6.00. The van der Waals surface area contributed by atoms with Crippen LogP contribution >= 0.6 is 11.3 Å². The van der Waals surface area contributed by atoms with Gasteiger partial charge in [-0.2, -0.15) is 0 Å². The second kappa shape index (κ2) is 2.31. The first-order chi connectivity index (χ1) is 4.24. The number of rotatable bonds is 1. The Morgan fingerprint density at radius 2 is 2.44 bits per heavy atom. The molecular formula is C5H7FN2S. The zero-order chi connectivity index (χ0) is 6.85. The average Bonchev–Trinajstić information content (AvgIpc) is 2.10. The molecule has 0 saturated heterocycles. The van der Waals surface area contributed by atoms with Crippen LogP contribution in [0.5, 0.6) is 0 Å². The van der Waals surface area contributed by atoms with Gasteiger partial charge in [-0.3, -0.25) is 0 Å². The molecule has 0 radical (unpaired) electrons. The number of halogens is 1. The van der Waals surface area contributed by atoms with Crippen molar-refractivity contribution in [1.29, 1.82) is 0 Å². The van der Waals surface area contributed by atoms with E-state index in [4.69, 9.17) is 5.73 Å². The van der Waals surface area contributed by atoms with Crippen molar-refractivity contribution in [2.24, 2.45) is 0 Å². The van der Waals surface area contributed by atoms with Crippen molar-refractivity contribution in [3.63, 3.8) is 0 Å². The van der Waals surface area contributed by atoms with Gasteiger partial charge >= 0.3 is 0 Å². The maximum Gasteiger partial charge on any atom is 0.180 e. The minimum Gasteiger partial charge on any atom is -0.375 e. The Morgan fingerprint density at radius 3 is 2.67 bits per heavy atom. The molecule has 1 aromatic heterocycles. The topological polar surface area (TPSA) is 38.9 Å². The molecule has 0 aromatic carbocycles. The Morgan fingerprint density at radius 1 is 1.78 bits per heavy atom. The van der Waals surface area contributed by atoms with E-state index in [1.165, 1.54) is 11.3 Å². The number of anilines is 1. The third-order valence-electron chi connectivity index (χ3n) is 1.03. The number of aromatic nitrogens is 1. The monoisotopic (exact) mass is 146 g/mol. The molecular weight excluding hydrogens is 139 g/mol. The van der Waals surface area contributed by atoms with Gasteiger partial charge in [-0.25, -0.2) is 9.37 Å². The van der Waals surface area contributed by atoms with Gasteiger partial charge in [-0.15, -0.1) is 0 Å². The van der Waals surface area contributed by atoms with Gasteiger partial charge in [0.2, 0.25) is 0 Å². The van der Waals surface area contributed by atoms with Gasteiger partial charge in [0.15, 0.2) is 5.13 Å². The van der Waals surface area contributed by atoms with Gasteiger partial charge in [0.05, 0.1) is 10.6 Å². The van der Waals surface area contributed by atoms with Crippen LogP contribution in [0.2, 0.25) is 0 Å². The van der Waals surface area contributed by atoms with Crippen LogP contribution in [-0.4, -0.2) is 4.98 Å². The number of nitrogens with zero attached hydrogens (tertiary/aromatic N) is 1. The van der Waals surface area contributed by atoms with Crippen molar-refractivity contribution in [2.75, 3.05) is 5.73 Å². The van der Waals surface area contributed by atoms with Crippen LogP contribution in [0.4, 0.5) is 9.52 Å². The van der Waals surface area contributed by atoms with Crippen molar-refractivity contribution < 1.29 is 4.39 Å². The van der Waals surface area contributed by atoms with Crippen molar-refractivity contribution in [3.05, 3.63) is 10.6 Å². The Kier molecular flexibility index (Phi) is 1.66. The van der Waals surface area contributed by atoms with Crippen molar-refractivity contribution in [1.82, 2.24) is 4.98 Å². The van der Waals surface area contributed by atoms with E-state index in [-0.39, 0.29) is 0 Å². The average molecular weight is 146 g/mol. The normalized spacial score (nSPS) is 10.0. The summed E-state index contributed by atoms with van der Waals surface area (Å²) in [4.78, 5) is 4.47. The molecule has 0 unspecified atom stereocenters. The molecule has 4 heteroatoms. The molecule has 2 nitrogen and oxygen atoms in total. The van der Waals surface area contributed by atoms with Crippen LogP contribution in [0, 0.1) is 6.92 Å². The Balaban J connectivity index is 3.01. The molecule has 0 aliphatic carbocycles. The van der Waals surface area contributed by atoms with Crippen LogP contribution in [0.1, 0.15) is 10.6 Å². The van der Waals surface area contributed by atoms with Gasteiger partial charge in [0.1, 0.15) is 6.67 Å². The van der Waals surface area contributed by atoms with E-state index in [9.17, 15) is 4.39 Å². The van der Waals surface area contributed by atoms with Crippen LogP contribution < -0.4 is 5.73 Å². The molecule has 0 amide bonds. The third kappa shape index (κ3) is 1.18. The minimum atomic E-state index is -0.458. The smallest absolute Gasteiger partial charge is 0.180 e. The summed E-state index contributed by atoms with van der Waals surface area (Å²) in [6, 6.07) is 0. The van der Waals surface area contributed by atoms with Crippen LogP contribution in [0.25, 0.3) is 0 Å². The maximum absolute atomic E-state index is 11.9. The van der Waals surface area contributed by atoms with Gasteiger partial charge in [-0.05, 0) is 6.92 Å². The standard InChI is InChI=1S/C5H7FN2S/c1-3-4(2-6)9-5(7)8-3/h2H2,1H3,(H2,7,8). The van der Waals surface area contributed by atoms with Crippen LogP contribution in [0.3, 0.4) is 0 Å². The summed E-state index contributed by atoms with van der Waals surface area (Å²) in [7, 11) is 0. The lowest BCUT2D eigenvalue weighted by atomic mass is 10.4. The van der Waals surface area contributed by atoms with Gasteiger partial charge < -0.3 is 5.73 Å². The minimum absolute atomic E-state index is 0.445. The highest BCUT2D eigenvalue weighted by molar-refractivity contribution is 7.15. The molecule has 50 valence electrons. The first-order valence-corrected chi connectivity index (χ1v) is 3.33. The fourth-order valence-corrected chi connectivity index (χ4v) is 1.26. The maximum atomic E-state index is 11.9. The summed E-state index contributed by atoms with van der Waals surface area (Å²) in [5, 5.41) is 0.445. The van der Waals surface area contributed by atoms with Crippen molar-refractivity contribution in [3.8, 4) is 0 Å². The fraction of sp³-hybridized carbons (Fsp3) is 0.400. The summed E-state index contributed by atoms with van der Waals surface area (Å²) in [6.07, 6.45) is 0. The Bertz CT molecular complexity index is 209. The molecule has 1 heterocycles. The highest BCUT2D eigenvalue weighted by atomic mass is 32.1. The Hall–Kier alpha value is -0.640. The first kappa shape index (κ1) is 6.48. The van der Waals surface area contributed by atoms with E-state index in [1.54, 1.807) is 6.92 Å². The van der Waals surface area contributed by atoms with Crippen LogP contribution in [-0.2, 0) is 6.67 Å². The molecule has 0 spiro atoms. The predicted octanol–water partition coefficient (Wildman–Crippen LogP) is 1.50. The number of thiazole rings is 1. The summed E-state index contributed by atoms with van der Waals surface area (Å²) >= 11 is 1.21. The lowest BCUT2D eigenvalue weighted by Gasteiger charge is -1.82. The van der Waals surface area contributed by atoms with Crippen LogP contribution in [0.15, 0.2) is 0 Å².